The van der Waals surface area contributed by atoms with Crippen molar-refractivity contribution in [3.63, 3.8) is 0 Å². The van der Waals surface area contributed by atoms with Crippen LogP contribution in [0.2, 0.25) is 0 Å². The molecule has 148 valence electrons. The SMILES string of the molecule is CSc1ccc(C(=O)N(C)Cc2ccccc2N2CCCCC2)cc1[N+](=O)[O-]. The van der Waals surface area contributed by atoms with Gasteiger partial charge in [0.1, 0.15) is 0 Å². The molecule has 1 fully saturated rings. The highest BCUT2D eigenvalue weighted by atomic mass is 32.2. The summed E-state index contributed by atoms with van der Waals surface area (Å²) in [6, 6.07) is 12.9. The summed E-state index contributed by atoms with van der Waals surface area (Å²) in [4.78, 5) is 28.3. The maximum Gasteiger partial charge on any atom is 0.283 e. The van der Waals surface area contributed by atoms with E-state index < -0.39 is 4.92 Å². The second-order valence-electron chi connectivity index (χ2n) is 6.98. The Morgan fingerprint density at radius 2 is 1.89 bits per heavy atom. The van der Waals surface area contributed by atoms with Crippen LogP contribution in [0, 0.1) is 10.1 Å². The molecule has 0 atom stereocenters. The van der Waals surface area contributed by atoms with Crippen molar-refractivity contribution in [2.24, 2.45) is 0 Å². The van der Waals surface area contributed by atoms with Crippen LogP contribution < -0.4 is 4.90 Å². The lowest BCUT2D eigenvalue weighted by molar-refractivity contribution is -0.387. The average molecular weight is 400 g/mol. The summed E-state index contributed by atoms with van der Waals surface area (Å²) >= 11 is 1.30. The van der Waals surface area contributed by atoms with Crippen LogP contribution in [-0.2, 0) is 6.54 Å². The second kappa shape index (κ2) is 9.10. The summed E-state index contributed by atoms with van der Waals surface area (Å²) in [5.74, 6) is -0.218. The lowest BCUT2D eigenvalue weighted by Gasteiger charge is -2.31. The highest BCUT2D eigenvalue weighted by molar-refractivity contribution is 7.98. The van der Waals surface area contributed by atoms with E-state index in [0.29, 0.717) is 17.0 Å². The number of carbonyl (C=O) groups is 1. The first-order chi connectivity index (χ1) is 13.5. The van der Waals surface area contributed by atoms with Gasteiger partial charge in [-0.15, -0.1) is 11.8 Å². The molecule has 7 heteroatoms. The fourth-order valence-corrected chi connectivity index (χ4v) is 4.15. The molecule has 1 heterocycles. The van der Waals surface area contributed by atoms with E-state index in [1.807, 2.05) is 18.2 Å². The number of hydrogen-bond acceptors (Lipinski definition) is 5. The summed E-state index contributed by atoms with van der Waals surface area (Å²) in [5.41, 5.74) is 2.57. The molecule has 0 unspecified atom stereocenters. The molecule has 0 N–H and O–H groups in total. The van der Waals surface area contributed by atoms with Gasteiger partial charge in [0.05, 0.1) is 9.82 Å². The number of anilines is 1. The Hall–Kier alpha value is -2.54. The monoisotopic (exact) mass is 399 g/mol. The van der Waals surface area contributed by atoms with Crippen LogP contribution in [0.25, 0.3) is 0 Å². The Morgan fingerprint density at radius 1 is 1.18 bits per heavy atom. The number of carbonyl (C=O) groups excluding carboxylic acids is 1. The minimum absolute atomic E-state index is 0.0273. The molecule has 0 spiro atoms. The zero-order chi connectivity index (χ0) is 20.1. The molecule has 3 rings (SSSR count). The van der Waals surface area contributed by atoms with Crippen molar-refractivity contribution in [2.45, 2.75) is 30.7 Å². The minimum atomic E-state index is -0.436. The zero-order valence-electron chi connectivity index (χ0n) is 16.3. The predicted molar refractivity (Wildman–Crippen MR) is 113 cm³/mol. The Labute approximate surface area is 169 Å². The summed E-state index contributed by atoms with van der Waals surface area (Å²) in [6.45, 7) is 2.54. The summed E-state index contributed by atoms with van der Waals surface area (Å²) < 4.78 is 0. The van der Waals surface area contributed by atoms with Crippen molar-refractivity contribution < 1.29 is 9.72 Å². The summed E-state index contributed by atoms with van der Waals surface area (Å²) in [7, 11) is 1.74. The largest absolute Gasteiger partial charge is 0.371 e. The minimum Gasteiger partial charge on any atom is -0.371 e. The molecule has 0 aliphatic carbocycles. The number of nitrogens with zero attached hydrogens (tertiary/aromatic N) is 3. The number of thioether (sulfide) groups is 1. The van der Waals surface area contributed by atoms with Gasteiger partial charge in [0.2, 0.25) is 0 Å². The van der Waals surface area contributed by atoms with Gasteiger partial charge in [-0.05, 0) is 49.3 Å². The molecular weight excluding hydrogens is 374 g/mol. The van der Waals surface area contributed by atoms with E-state index in [1.165, 1.54) is 42.8 Å². The quantitative estimate of drug-likeness (QED) is 0.404. The first-order valence-electron chi connectivity index (χ1n) is 9.42. The fraction of sp³-hybridized carbons (Fsp3) is 0.381. The molecule has 2 aromatic carbocycles. The van der Waals surface area contributed by atoms with E-state index >= 15 is 0 Å². The van der Waals surface area contributed by atoms with Crippen molar-refractivity contribution in [2.75, 3.05) is 31.3 Å². The lowest BCUT2D eigenvalue weighted by atomic mass is 10.1. The first kappa shape index (κ1) is 20.2. The lowest BCUT2D eigenvalue weighted by Crippen LogP contribution is -2.32. The van der Waals surface area contributed by atoms with Crippen molar-refractivity contribution >= 4 is 29.0 Å². The van der Waals surface area contributed by atoms with Crippen LogP contribution in [0.3, 0.4) is 0 Å². The van der Waals surface area contributed by atoms with Crippen molar-refractivity contribution in [1.82, 2.24) is 4.90 Å². The van der Waals surface area contributed by atoms with Crippen LogP contribution in [0.5, 0.6) is 0 Å². The van der Waals surface area contributed by atoms with Gasteiger partial charge in [-0.1, -0.05) is 18.2 Å². The van der Waals surface area contributed by atoms with E-state index in [-0.39, 0.29) is 11.6 Å². The third-order valence-corrected chi connectivity index (χ3v) is 5.85. The molecule has 0 aromatic heterocycles. The molecule has 1 aliphatic rings. The molecule has 2 aromatic rings. The number of rotatable bonds is 6. The first-order valence-corrected chi connectivity index (χ1v) is 10.6. The summed E-state index contributed by atoms with van der Waals surface area (Å²) in [6.07, 6.45) is 5.43. The highest BCUT2D eigenvalue weighted by Crippen LogP contribution is 2.29. The smallest absolute Gasteiger partial charge is 0.283 e. The van der Waals surface area contributed by atoms with Crippen LogP contribution in [0.4, 0.5) is 11.4 Å². The van der Waals surface area contributed by atoms with Crippen molar-refractivity contribution in [3.05, 3.63) is 63.7 Å². The van der Waals surface area contributed by atoms with Crippen LogP contribution in [-0.4, -0.2) is 42.1 Å². The van der Waals surface area contributed by atoms with E-state index in [2.05, 4.69) is 11.0 Å². The molecule has 0 radical (unpaired) electrons. The molecule has 6 nitrogen and oxygen atoms in total. The number of amides is 1. The van der Waals surface area contributed by atoms with E-state index in [1.54, 1.807) is 30.3 Å². The van der Waals surface area contributed by atoms with Crippen LogP contribution in [0.15, 0.2) is 47.4 Å². The number of para-hydroxylation sites is 1. The van der Waals surface area contributed by atoms with Crippen molar-refractivity contribution in [3.8, 4) is 0 Å². The third kappa shape index (κ3) is 4.47. The Kier molecular flexibility index (Phi) is 6.57. The van der Waals surface area contributed by atoms with Gasteiger partial charge in [0.15, 0.2) is 0 Å². The number of nitro groups is 1. The van der Waals surface area contributed by atoms with Gasteiger partial charge in [-0.25, -0.2) is 0 Å². The average Bonchev–Trinajstić information content (AvgIpc) is 2.73. The van der Waals surface area contributed by atoms with Gasteiger partial charge in [0.25, 0.3) is 11.6 Å². The fourth-order valence-electron chi connectivity index (χ4n) is 3.60. The van der Waals surface area contributed by atoms with Gasteiger partial charge in [-0.2, -0.15) is 0 Å². The predicted octanol–water partition coefficient (Wildman–Crippen LogP) is 4.58. The maximum atomic E-state index is 12.9. The molecule has 1 amide bonds. The zero-order valence-corrected chi connectivity index (χ0v) is 17.1. The molecule has 0 saturated carbocycles. The van der Waals surface area contributed by atoms with Gasteiger partial charge in [-0.3, -0.25) is 14.9 Å². The van der Waals surface area contributed by atoms with Gasteiger partial charge >= 0.3 is 0 Å². The molecule has 1 saturated heterocycles. The normalized spacial score (nSPS) is 14.0. The molecule has 0 bridgehead atoms. The number of nitro benzene ring substituents is 1. The molecule has 1 aliphatic heterocycles. The van der Waals surface area contributed by atoms with Gasteiger partial charge < -0.3 is 9.80 Å². The Bertz CT molecular complexity index is 866. The Morgan fingerprint density at radius 3 is 2.57 bits per heavy atom. The highest BCUT2D eigenvalue weighted by Gasteiger charge is 2.21. The van der Waals surface area contributed by atoms with Crippen molar-refractivity contribution in [1.29, 1.82) is 0 Å². The molecular formula is C21H25N3O3S. The molecule has 28 heavy (non-hydrogen) atoms. The summed E-state index contributed by atoms with van der Waals surface area (Å²) in [5, 5.41) is 11.3. The Balaban J connectivity index is 1.80. The van der Waals surface area contributed by atoms with Gasteiger partial charge in [0, 0.05) is 44.0 Å². The maximum absolute atomic E-state index is 12.9. The van der Waals surface area contributed by atoms with E-state index in [4.69, 9.17) is 0 Å². The third-order valence-electron chi connectivity index (χ3n) is 5.07. The standard InChI is InChI=1S/C21H25N3O3S/c1-22(21(25)16-10-11-20(28-2)19(14-16)24(26)27)15-17-8-4-5-9-18(17)23-12-6-3-7-13-23/h4-5,8-11,14H,3,6-7,12-13,15H2,1-2H3. The van der Waals surface area contributed by atoms with Crippen LogP contribution in [0.1, 0.15) is 35.2 Å². The van der Waals surface area contributed by atoms with E-state index in [0.717, 1.165) is 18.7 Å². The second-order valence-corrected chi connectivity index (χ2v) is 7.83. The number of benzene rings is 2. The topological polar surface area (TPSA) is 66.7 Å². The number of piperidine rings is 1. The van der Waals surface area contributed by atoms with E-state index in [9.17, 15) is 14.9 Å². The van der Waals surface area contributed by atoms with Crippen LogP contribution >= 0.6 is 11.8 Å². The number of hydrogen-bond donors (Lipinski definition) is 0.